The van der Waals surface area contributed by atoms with Crippen molar-refractivity contribution in [3.63, 3.8) is 0 Å². The smallest absolute Gasteiger partial charge is 0.220 e. The van der Waals surface area contributed by atoms with Crippen LogP contribution >= 0.6 is 0 Å². The van der Waals surface area contributed by atoms with Crippen molar-refractivity contribution >= 4 is 11.6 Å². The molecule has 0 radical (unpaired) electrons. The monoisotopic (exact) mass is 291 g/mol. The molecule has 3 heterocycles. The van der Waals surface area contributed by atoms with Gasteiger partial charge in [0.05, 0.1) is 0 Å². The van der Waals surface area contributed by atoms with E-state index in [0.717, 1.165) is 17.8 Å². The van der Waals surface area contributed by atoms with E-state index in [0.29, 0.717) is 12.3 Å². The fourth-order valence-electron chi connectivity index (χ4n) is 3.15. The largest absolute Gasteiger partial charge is 0.355 e. The molecule has 0 saturated carbocycles. The fraction of sp³-hybridized carbons (Fsp3) is 0.222. The third-order valence-electron chi connectivity index (χ3n) is 4.36. The van der Waals surface area contributed by atoms with Crippen LogP contribution in [0.15, 0.2) is 48.9 Å². The lowest BCUT2D eigenvalue weighted by molar-refractivity contribution is -0.119. The molecule has 1 amide bonds. The number of pyridine rings is 1. The summed E-state index contributed by atoms with van der Waals surface area (Å²) in [6, 6.07) is 10.7. The first-order chi connectivity index (χ1) is 10.7. The summed E-state index contributed by atoms with van der Waals surface area (Å²) in [6.07, 6.45) is 6.49. The van der Waals surface area contributed by atoms with Gasteiger partial charge in [0.25, 0.3) is 0 Å². The number of fused-ring (bicyclic) bond motifs is 1. The Bertz CT molecular complexity index is 848. The van der Waals surface area contributed by atoms with Crippen molar-refractivity contribution < 1.29 is 4.79 Å². The summed E-state index contributed by atoms with van der Waals surface area (Å²) in [5.74, 6) is 0.453. The Morgan fingerprint density at radius 1 is 1.23 bits per heavy atom. The van der Waals surface area contributed by atoms with Gasteiger partial charge in [-0.25, -0.2) is 4.98 Å². The minimum absolute atomic E-state index is 0.148. The Kier molecular flexibility index (Phi) is 2.96. The van der Waals surface area contributed by atoms with Gasteiger partial charge in [0, 0.05) is 37.5 Å². The number of hydrogen-bond donors (Lipinski definition) is 1. The Morgan fingerprint density at radius 3 is 2.77 bits per heavy atom. The third kappa shape index (κ3) is 2.17. The average Bonchev–Trinajstić information content (AvgIpc) is 3.16. The van der Waals surface area contributed by atoms with Crippen LogP contribution in [0.2, 0.25) is 0 Å². The number of aromatic nitrogens is 2. The number of nitrogens with zero attached hydrogens (tertiary/aromatic N) is 2. The van der Waals surface area contributed by atoms with Gasteiger partial charge in [-0.1, -0.05) is 24.3 Å². The van der Waals surface area contributed by atoms with Crippen LogP contribution in [0.4, 0.5) is 0 Å². The van der Waals surface area contributed by atoms with E-state index in [1.807, 2.05) is 12.4 Å². The zero-order valence-electron chi connectivity index (χ0n) is 12.4. The molecule has 1 aliphatic heterocycles. The lowest BCUT2D eigenvalue weighted by atomic mass is 9.95. The van der Waals surface area contributed by atoms with Crippen LogP contribution < -0.4 is 5.32 Å². The number of imidazole rings is 1. The van der Waals surface area contributed by atoms with Crippen molar-refractivity contribution in [2.24, 2.45) is 0 Å². The Morgan fingerprint density at radius 2 is 2.05 bits per heavy atom. The van der Waals surface area contributed by atoms with Crippen molar-refractivity contribution in [2.75, 3.05) is 6.54 Å². The van der Waals surface area contributed by atoms with Gasteiger partial charge in [-0.3, -0.25) is 4.79 Å². The molecule has 22 heavy (non-hydrogen) atoms. The molecule has 3 aromatic rings. The van der Waals surface area contributed by atoms with Gasteiger partial charge in [-0.05, 0) is 35.2 Å². The van der Waals surface area contributed by atoms with E-state index in [2.05, 4.69) is 58.2 Å². The van der Waals surface area contributed by atoms with Crippen molar-refractivity contribution in [3.8, 4) is 11.1 Å². The van der Waals surface area contributed by atoms with Gasteiger partial charge in [0.15, 0.2) is 0 Å². The van der Waals surface area contributed by atoms with E-state index in [9.17, 15) is 4.79 Å². The van der Waals surface area contributed by atoms with E-state index < -0.39 is 0 Å². The van der Waals surface area contributed by atoms with Gasteiger partial charge >= 0.3 is 0 Å². The molecule has 1 N–H and O–H groups in total. The molecular formula is C18H17N3O. The maximum absolute atomic E-state index is 11.3. The Hall–Kier alpha value is -2.62. The molecule has 4 rings (SSSR count). The number of nitrogens with one attached hydrogen (secondary N) is 1. The number of benzene rings is 1. The minimum Gasteiger partial charge on any atom is -0.355 e. The molecule has 1 aliphatic rings. The average molecular weight is 291 g/mol. The Balaban J connectivity index is 1.68. The summed E-state index contributed by atoms with van der Waals surface area (Å²) >= 11 is 0. The molecular weight excluding hydrogens is 274 g/mol. The van der Waals surface area contributed by atoms with E-state index in [4.69, 9.17) is 0 Å². The first-order valence-electron chi connectivity index (χ1n) is 7.51. The first kappa shape index (κ1) is 13.1. The van der Waals surface area contributed by atoms with Gasteiger partial charge in [-0.15, -0.1) is 0 Å². The van der Waals surface area contributed by atoms with Crippen LogP contribution in [0.25, 0.3) is 16.8 Å². The highest BCUT2D eigenvalue weighted by atomic mass is 16.1. The predicted octanol–water partition coefficient (Wildman–Crippen LogP) is 2.91. The van der Waals surface area contributed by atoms with E-state index in [1.54, 1.807) is 0 Å². The van der Waals surface area contributed by atoms with Crippen LogP contribution in [-0.4, -0.2) is 21.8 Å². The molecule has 110 valence electrons. The molecule has 0 bridgehead atoms. The molecule has 1 saturated heterocycles. The van der Waals surface area contributed by atoms with Crippen molar-refractivity contribution in [2.45, 2.75) is 19.3 Å². The topological polar surface area (TPSA) is 46.4 Å². The Labute approximate surface area is 128 Å². The molecule has 4 heteroatoms. The van der Waals surface area contributed by atoms with Crippen molar-refractivity contribution in [3.05, 3.63) is 60.0 Å². The van der Waals surface area contributed by atoms with E-state index in [1.165, 1.54) is 16.7 Å². The summed E-state index contributed by atoms with van der Waals surface area (Å²) < 4.78 is 2.05. The zero-order valence-corrected chi connectivity index (χ0v) is 12.4. The van der Waals surface area contributed by atoms with Crippen LogP contribution in [0.3, 0.4) is 0 Å². The molecule has 1 aromatic carbocycles. The molecule has 0 aliphatic carbocycles. The molecule has 2 aromatic heterocycles. The molecule has 4 nitrogen and oxygen atoms in total. The van der Waals surface area contributed by atoms with Crippen LogP contribution in [0, 0.1) is 6.92 Å². The van der Waals surface area contributed by atoms with Crippen molar-refractivity contribution in [1.29, 1.82) is 0 Å². The van der Waals surface area contributed by atoms with Crippen LogP contribution in [0.1, 0.15) is 23.5 Å². The molecule has 0 spiro atoms. The molecule has 1 fully saturated rings. The normalized spacial score (nSPS) is 17.9. The van der Waals surface area contributed by atoms with Crippen LogP contribution in [-0.2, 0) is 4.79 Å². The van der Waals surface area contributed by atoms with Gasteiger partial charge in [0.2, 0.25) is 5.91 Å². The zero-order chi connectivity index (χ0) is 15.1. The van der Waals surface area contributed by atoms with Crippen LogP contribution in [0.5, 0.6) is 0 Å². The summed E-state index contributed by atoms with van der Waals surface area (Å²) in [5.41, 5.74) is 5.74. The number of carbonyl (C=O) groups excluding carboxylic acids is 1. The second-order valence-electron chi connectivity index (χ2n) is 5.90. The standard InChI is InChI=1S/C18H17N3O/c1-12-8-16(11-21-7-6-19-18(12)21)14-4-2-13(3-5-14)15-9-17(22)20-10-15/h2-8,11,15H,9-10H2,1H3,(H,20,22). The highest BCUT2D eigenvalue weighted by Crippen LogP contribution is 2.27. The highest BCUT2D eigenvalue weighted by Gasteiger charge is 2.22. The number of hydrogen-bond acceptors (Lipinski definition) is 2. The maximum Gasteiger partial charge on any atom is 0.220 e. The van der Waals surface area contributed by atoms with E-state index >= 15 is 0 Å². The third-order valence-corrected chi connectivity index (χ3v) is 4.36. The lowest BCUT2D eigenvalue weighted by Gasteiger charge is -2.10. The fourth-order valence-corrected chi connectivity index (χ4v) is 3.15. The van der Waals surface area contributed by atoms with E-state index in [-0.39, 0.29) is 5.91 Å². The molecule has 1 unspecified atom stereocenters. The van der Waals surface area contributed by atoms with Gasteiger partial charge in [0.1, 0.15) is 5.65 Å². The SMILES string of the molecule is Cc1cc(-c2ccc(C3CNC(=O)C3)cc2)cn2ccnc12. The summed E-state index contributed by atoms with van der Waals surface area (Å²) in [4.78, 5) is 15.7. The summed E-state index contributed by atoms with van der Waals surface area (Å²) in [7, 11) is 0. The minimum atomic E-state index is 0.148. The number of rotatable bonds is 2. The second kappa shape index (κ2) is 4.98. The first-order valence-corrected chi connectivity index (χ1v) is 7.51. The number of amides is 1. The predicted molar refractivity (Wildman–Crippen MR) is 85.7 cm³/mol. The second-order valence-corrected chi connectivity index (χ2v) is 5.90. The summed E-state index contributed by atoms with van der Waals surface area (Å²) in [6.45, 7) is 2.83. The van der Waals surface area contributed by atoms with Gasteiger partial charge in [-0.2, -0.15) is 0 Å². The highest BCUT2D eigenvalue weighted by molar-refractivity contribution is 5.79. The molecule has 1 atom stereocenters. The maximum atomic E-state index is 11.3. The summed E-state index contributed by atoms with van der Waals surface area (Å²) in [5, 5.41) is 2.89. The number of carbonyl (C=O) groups is 1. The number of aryl methyl sites for hydroxylation is 1. The lowest BCUT2D eigenvalue weighted by Crippen LogP contribution is -2.13. The quantitative estimate of drug-likeness (QED) is 0.789. The van der Waals surface area contributed by atoms with Crippen molar-refractivity contribution in [1.82, 2.24) is 14.7 Å². The van der Waals surface area contributed by atoms with Gasteiger partial charge < -0.3 is 9.72 Å².